The summed E-state index contributed by atoms with van der Waals surface area (Å²) in [6.45, 7) is 6.69. The minimum atomic E-state index is -0.122. The molecule has 1 N–H and O–H groups in total. The summed E-state index contributed by atoms with van der Waals surface area (Å²) in [6.07, 6.45) is 9.91. The Morgan fingerprint density at radius 1 is 1.21 bits per heavy atom. The second-order valence-corrected chi connectivity index (χ2v) is 5.80. The first kappa shape index (κ1) is 16.5. The molecular formula is C16H31NO2. The smallest absolute Gasteiger partial charge is 0.323 e. The second kappa shape index (κ2) is 9.35. The van der Waals surface area contributed by atoms with Gasteiger partial charge in [0.1, 0.15) is 6.04 Å². The fourth-order valence-electron chi connectivity index (χ4n) is 3.07. The molecule has 112 valence electrons. The van der Waals surface area contributed by atoms with E-state index in [1.165, 1.54) is 38.5 Å². The van der Waals surface area contributed by atoms with Gasteiger partial charge in [0.05, 0.1) is 6.61 Å². The Hall–Kier alpha value is -0.570. The van der Waals surface area contributed by atoms with Gasteiger partial charge in [-0.1, -0.05) is 39.0 Å². The van der Waals surface area contributed by atoms with Crippen molar-refractivity contribution in [1.82, 2.24) is 5.32 Å². The monoisotopic (exact) mass is 269 g/mol. The number of carbonyl (C=O) groups excluding carboxylic acids is 1. The Labute approximate surface area is 118 Å². The predicted molar refractivity (Wildman–Crippen MR) is 79.1 cm³/mol. The molecule has 0 spiro atoms. The van der Waals surface area contributed by atoms with Gasteiger partial charge in [-0.25, -0.2) is 0 Å². The highest BCUT2D eigenvalue weighted by Crippen LogP contribution is 2.25. The van der Waals surface area contributed by atoms with E-state index in [2.05, 4.69) is 19.2 Å². The molecule has 0 amide bonds. The van der Waals surface area contributed by atoms with Crippen molar-refractivity contribution in [3.05, 3.63) is 0 Å². The van der Waals surface area contributed by atoms with Gasteiger partial charge in [-0.3, -0.25) is 4.79 Å². The van der Waals surface area contributed by atoms with Crippen LogP contribution in [0.5, 0.6) is 0 Å². The maximum atomic E-state index is 11.9. The minimum Gasteiger partial charge on any atom is -0.465 e. The van der Waals surface area contributed by atoms with E-state index in [1.54, 1.807) is 0 Å². The van der Waals surface area contributed by atoms with E-state index < -0.39 is 0 Å². The molecule has 1 aliphatic rings. The van der Waals surface area contributed by atoms with Crippen molar-refractivity contribution in [2.24, 2.45) is 5.92 Å². The lowest BCUT2D eigenvalue weighted by atomic mass is 9.92. The van der Waals surface area contributed by atoms with Crippen LogP contribution in [0.3, 0.4) is 0 Å². The van der Waals surface area contributed by atoms with E-state index in [-0.39, 0.29) is 12.0 Å². The Kier molecular flexibility index (Phi) is 8.11. The molecule has 1 fully saturated rings. The summed E-state index contributed by atoms with van der Waals surface area (Å²) < 4.78 is 5.17. The van der Waals surface area contributed by atoms with Crippen molar-refractivity contribution in [3.63, 3.8) is 0 Å². The number of ether oxygens (including phenoxy) is 1. The fraction of sp³-hybridized carbons (Fsp3) is 0.938. The average molecular weight is 269 g/mol. The normalized spacial score (nSPS) is 20.6. The van der Waals surface area contributed by atoms with Crippen LogP contribution in [-0.4, -0.2) is 24.7 Å². The van der Waals surface area contributed by atoms with Crippen LogP contribution in [-0.2, 0) is 9.53 Å². The molecule has 1 saturated carbocycles. The van der Waals surface area contributed by atoms with Gasteiger partial charge in [0.15, 0.2) is 0 Å². The van der Waals surface area contributed by atoms with Crippen LogP contribution >= 0.6 is 0 Å². The number of esters is 1. The summed E-state index contributed by atoms with van der Waals surface area (Å²) >= 11 is 0. The molecule has 0 aromatic heterocycles. The van der Waals surface area contributed by atoms with Crippen molar-refractivity contribution in [1.29, 1.82) is 0 Å². The minimum absolute atomic E-state index is 0.0789. The summed E-state index contributed by atoms with van der Waals surface area (Å²) in [6, 6.07) is 0.294. The van der Waals surface area contributed by atoms with E-state index in [9.17, 15) is 4.79 Å². The van der Waals surface area contributed by atoms with Gasteiger partial charge in [-0.2, -0.15) is 0 Å². The molecule has 1 rings (SSSR count). The highest BCUT2D eigenvalue weighted by molar-refractivity contribution is 5.75. The summed E-state index contributed by atoms with van der Waals surface area (Å²) in [7, 11) is 0. The predicted octanol–water partition coefficient (Wildman–Crippen LogP) is 3.67. The molecule has 0 aromatic carbocycles. The molecule has 0 radical (unpaired) electrons. The third-order valence-electron chi connectivity index (χ3n) is 4.22. The van der Waals surface area contributed by atoms with Gasteiger partial charge < -0.3 is 10.1 Å². The summed E-state index contributed by atoms with van der Waals surface area (Å²) in [5.74, 6) is 0.640. The lowest BCUT2D eigenvalue weighted by molar-refractivity contribution is -0.146. The van der Waals surface area contributed by atoms with Crippen LogP contribution in [0.1, 0.15) is 72.1 Å². The summed E-state index contributed by atoms with van der Waals surface area (Å²) in [5, 5.41) is 3.53. The van der Waals surface area contributed by atoms with Crippen molar-refractivity contribution in [2.75, 3.05) is 6.61 Å². The van der Waals surface area contributed by atoms with Gasteiger partial charge >= 0.3 is 5.97 Å². The van der Waals surface area contributed by atoms with Gasteiger partial charge in [-0.05, 0) is 39.0 Å². The van der Waals surface area contributed by atoms with E-state index in [1.807, 2.05) is 6.92 Å². The lowest BCUT2D eigenvalue weighted by Gasteiger charge is -2.27. The summed E-state index contributed by atoms with van der Waals surface area (Å²) in [4.78, 5) is 11.9. The Balaban J connectivity index is 2.48. The van der Waals surface area contributed by atoms with E-state index >= 15 is 0 Å². The molecule has 0 aromatic rings. The zero-order valence-electron chi connectivity index (χ0n) is 12.9. The van der Waals surface area contributed by atoms with E-state index in [0.29, 0.717) is 12.6 Å². The molecule has 0 aliphatic heterocycles. The number of nitrogens with one attached hydrogen (secondary N) is 1. The Morgan fingerprint density at radius 3 is 2.37 bits per heavy atom. The largest absolute Gasteiger partial charge is 0.465 e. The summed E-state index contributed by atoms with van der Waals surface area (Å²) in [5.41, 5.74) is 0. The first-order chi connectivity index (χ1) is 9.19. The van der Waals surface area contributed by atoms with Gasteiger partial charge in [0, 0.05) is 6.04 Å². The molecule has 3 heteroatoms. The molecule has 1 aliphatic carbocycles. The fourth-order valence-corrected chi connectivity index (χ4v) is 3.07. The molecule has 3 nitrogen and oxygen atoms in total. The van der Waals surface area contributed by atoms with Crippen molar-refractivity contribution in [2.45, 2.75) is 84.2 Å². The molecule has 1 unspecified atom stereocenters. The third kappa shape index (κ3) is 5.94. The molecule has 0 saturated heterocycles. The van der Waals surface area contributed by atoms with Gasteiger partial charge in [0.25, 0.3) is 0 Å². The maximum Gasteiger partial charge on any atom is 0.323 e. The van der Waals surface area contributed by atoms with Crippen LogP contribution in [0, 0.1) is 5.92 Å². The number of carbonyl (C=O) groups is 1. The van der Waals surface area contributed by atoms with Crippen LogP contribution in [0.25, 0.3) is 0 Å². The van der Waals surface area contributed by atoms with Crippen molar-refractivity contribution < 1.29 is 9.53 Å². The lowest BCUT2D eigenvalue weighted by Crippen LogP contribution is -2.46. The zero-order valence-corrected chi connectivity index (χ0v) is 12.9. The standard InChI is InChI=1S/C16H31NO2/c1-4-10-15(16(18)19-5-2)17-13(3)14-11-8-6-7-9-12-14/h13-15,17H,4-12H2,1-3H3/t13-,15?/m1/s1. The Morgan fingerprint density at radius 2 is 1.84 bits per heavy atom. The van der Waals surface area contributed by atoms with Gasteiger partial charge in [-0.15, -0.1) is 0 Å². The topological polar surface area (TPSA) is 38.3 Å². The molecule has 19 heavy (non-hydrogen) atoms. The quantitative estimate of drug-likeness (QED) is 0.566. The van der Waals surface area contributed by atoms with E-state index in [0.717, 1.165) is 18.8 Å². The van der Waals surface area contributed by atoms with Crippen LogP contribution < -0.4 is 5.32 Å². The van der Waals surface area contributed by atoms with Crippen LogP contribution in [0.2, 0.25) is 0 Å². The second-order valence-electron chi connectivity index (χ2n) is 5.80. The third-order valence-corrected chi connectivity index (χ3v) is 4.22. The van der Waals surface area contributed by atoms with Crippen LogP contribution in [0.15, 0.2) is 0 Å². The zero-order chi connectivity index (χ0) is 14.1. The first-order valence-corrected chi connectivity index (χ1v) is 8.11. The molecular weight excluding hydrogens is 238 g/mol. The van der Waals surface area contributed by atoms with E-state index in [4.69, 9.17) is 4.74 Å². The Bertz CT molecular complexity index is 247. The first-order valence-electron chi connectivity index (χ1n) is 8.11. The van der Waals surface area contributed by atoms with Crippen LogP contribution in [0.4, 0.5) is 0 Å². The molecule has 0 bridgehead atoms. The van der Waals surface area contributed by atoms with Crippen molar-refractivity contribution >= 4 is 5.97 Å². The number of rotatable bonds is 7. The average Bonchev–Trinajstić information content (AvgIpc) is 2.67. The SMILES string of the molecule is CCCC(N[C@H](C)C1CCCCCC1)C(=O)OCC. The van der Waals surface area contributed by atoms with Crippen molar-refractivity contribution in [3.8, 4) is 0 Å². The molecule has 0 heterocycles. The van der Waals surface area contributed by atoms with Gasteiger partial charge in [0.2, 0.25) is 0 Å². The highest BCUT2D eigenvalue weighted by Gasteiger charge is 2.25. The number of hydrogen-bond donors (Lipinski definition) is 1. The maximum absolute atomic E-state index is 11.9. The highest BCUT2D eigenvalue weighted by atomic mass is 16.5. The number of hydrogen-bond acceptors (Lipinski definition) is 3. The molecule has 2 atom stereocenters.